The minimum atomic E-state index is -0.337. The van der Waals surface area contributed by atoms with Crippen molar-refractivity contribution in [2.24, 2.45) is 0 Å². The van der Waals surface area contributed by atoms with Gasteiger partial charge in [0.05, 0.1) is 18.1 Å². The van der Waals surface area contributed by atoms with Crippen molar-refractivity contribution in [3.05, 3.63) is 98.6 Å². The SMILES string of the molecule is CCOc1cc(/C=C2\SC(=O)N(Cc3ccc(Br)cc3)C2=O)ccc1OCc1ccccc1F. The highest BCUT2D eigenvalue weighted by Gasteiger charge is 2.35. The number of carbonyl (C=O) groups is 2. The molecule has 0 aliphatic carbocycles. The van der Waals surface area contributed by atoms with Gasteiger partial charge in [0.25, 0.3) is 11.1 Å². The predicted molar refractivity (Wildman–Crippen MR) is 134 cm³/mol. The number of carbonyl (C=O) groups excluding carboxylic acids is 2. The molecule has 3 aromatic carbocycles. The van der Waals surface area contributed by atoms with Crippen LogP contribution in [0.1, 0.15) is 23.6 Å². The fourth-order valence-corrected chi connectivity index (χ4v) is 4.44. The number of hydrogen-bond acceptors (Lipinski definition) is 5. The lowest BCUT2D eigenvalue weighted by Crippen LogP contribution is -2.27. The van der Waals surface area contributed by atoms with E-state index >= 15 is 0 Å². The molecule has 0 aromatic heterocycles. The summed E-state index contributed by atoms with van der Waals surface area (Å²) in [4.78, 5) is 26.9. The van der Waals surface area contributed by atoms with Gasteiger partial charge in [-0.2, -0.15) is 0 Å². The molecule has 0 atom stereocenters. The lowest BCUT2D eigenvalue weighted by molar-refractivity contribution is -0.123. The summed E-state index contributed by atoms with van der Waals surface area (Å²) in [7, 11) is 0. The standard InChI is InChI=1S/C26H21BrFNO4S/c1-2-32-23-13-18(9-12-22(23)33-16-19-5-3-4-6-21(19)28)14-24-25(30)29(26(31)34-24)15-17-7-10-20(27)11-8-17/h3-14H,2,15-16H2,1H3/b24-14-. The molecule has 8 heteroatoms. The van der Waals surface area contributed by atoms with Crippen molar-refractivity contribution < 1.29 is 23.5 Å². The van der Waals surface area contributed by atoms with Gasteiger partial charge in [-0.1, -0.05) is 52.3 Å². The van der Waals surface area contributed by atoms with E-state index in [-0.39, 0.29) is 30.1 Å². The predicted octanol–water partition coefficient (Wildman–Crippen LogP) is 6.80. The molecule has 2 amide bonds. The summed E-state index contributed by atoms with van der Waals surface area (Å²) in [6, 6.07) is 19.1. The molecule has 174 valence electrons. The summed E-state index contributed by atoms with van der Waals surface area (Å²) >= 11 is 4.29. The van der Waals surface area contributed by atoms with Crippen LogP contribution in [0.4, 0.5) is 9.18 Å². The second kappa shape index (κ2) is 10.9. The topological polar surface area (TPSA) is 55.8 Å². The summed E-state index contributed by atoms with van der Waals surface area (Å²) in [5.41, 5.74) is 1.99. The number of imide groups is 1. The Balaban J connectivity index is 1.51. The number of benzene rings is 3. The third-order valence-electron chi connectivity index (χ3n) is 5.03. The van der Waals surface area contributed by atoms with Gasteiger partial charge in [-0.15, -0.1) is 0 Å². The number of ether oxygens (including phenoxy) is 2. The smallest absolute Gasteiger partial charge is 0.293 e. The van der Waals surface area contributed by atoms with Crippen LogP contribution in [-0.4, -0.2) is 22.7 Å². The number of thioether (sulfide) groups is 1. The van der Waals surface area contributed by atoms with Gasteiger partial charge in [0, 0.05) is 10.0 Å². The molecule has 1 saturated heterocycles. The Morgan fingerprint density at radius 1 is 1.00 bits per heavy atom. The summed E-state index contributed by atoms with van der Waals surface area (Å²) in [6.45, 7) is 2.52. The van der Waals surface area contributed by atoms with Gasteiger partial charge < -0.3 is 9.47 Å². The fraction of sp³-hybridized carbons (Fsp3) is 0.154. The number of amides is 2. The maximum absolute atomic E-state index is 13.9. The quantitative estimate of drug-likeness (QED) is 0.293. The zero-order valence-electron chi connectivity index (χ0n) is 18.3. The van der Waals surface area contributed by atoms with E-state index in [0.29, 0.717) is 34.1 Å². The van der Waals surface area contributed by atoms with E-state index < -0.39 is 0 Å². The van der Waals surface area contributed by atoms with Crippen molar-refractivity contribution in [1.82, 2.24) is 4.90 Å². The number of hydrogen-bond donors (Lipinski definition) is 0. The molecule has 3 aromatic rings. The molecular formula is C26H21BrFNO4S. The van der Waals surface area contributed by atoms with Crippen molar-refractivity contribution in [1.29, 1.82) is 0 Å². The molecule has 1 heterocycles. The highest BCUT2D eigenvalue weighted by atomic mass is 79.9. The van der Waals surface area contributed by atoms with Gasteiger partial charge in [-0.25, -0.2) is 4.39 Å². The Kier molecular flexibility index (Phi) is 7.70. The fourth-order valence-electron chi connectivity index (χ4n) is 3.33. The first-order valence-corrected chi connectivity index (χ1v) is 12.2. The third kappa shape index (κ3) is 5.69. The van der Waals surface area contributed by atoms with Crippen molar-refractivity contribution in [2.75, 3.05) is 6.61 Å². The summed E-state index contributed by atoms with van der Waals surface area (Å²) in [5, 5.41) is -0.311. The Morgan fingerprint density at radius 2 is 1.76 bits per heavy atom. The maximum atomic E-state index is 13.9. The third-order valence-corrected chi connectivity index (χ3v) is 6.47. The first-order valence-electron chi connectivity index (χ1n) is 10.6. The van der Waals surface area contributed by atoms with E-state index in [2.05, 4.69) is 15.9 Å². The Bertz CT molecular complexity index is 1250. The molecule has 0 N–H and O–H groups in total. The summed E-state index contributed by atoms with van der Waals surface area (Å²) in [5.74, 6) is 0.263. The van der Waals surface area contributed by atoms with Crippen LogP contribution < -0.4 is 9.47 Å². The second-order valence-corrected chi connectivity index (χ2v) is 9.32. The molecule has 1 fully saturated rings. The second-order valence-electron chi connectivity index (χ2n) is 7.41. The van der Waals surface area contributed by atoms with Crippen LogP contribution >= 0.6 is 27.7 Å². The van der Waals surface area contributed by atoms with Gasteiger partial charge in [0.1, 0.15) is 12.4 Å². The van der Waals surface area contributed by atoms with E-state index in [1.807, 2.05) is 31.2 Å². The molecule has 1 aliphatic heterocycles. The van der Waals surface area contributed by atoms with E-state index in [1.54, 1.807) is 42.5 Å². The van der Waals surface area contributed by atoms with Crippen LogP contribution in [0.2, 0.25) is 0 Å². The average Bonchev–Trinajstić information content (AvgIpc) is 3.08. The van der Waals surface area contributed by atoms with Crippen LogP contribution in [0, 0.1) is 5.82 Å². The van der Waals surface area contributed by atoms with Crippen molar-refractivity contribution in [3.63, 3.8) is 0 Å². The van der Waals surface area contributed by atoms with Crippen molar-refractivity contribution >= 4 is 44.9 Å². The molecule has 0 radical (unpaired) electrons. The first-order chi connectivity index (χ1) is 16.4. The monoisotopic (exact) mass is 541 g/mol. The minimum Gasteiger partial charge on any atom is -0.490 e. The molecule has 34 heavy (non-hydrogen) atoms. The number of nitrogens with zero attached hydrogens (tertiary/aromatic N) is 1. The average molecular weight is 542 g/mol. The van der Waals surface area contributed by atoms with E-state index in [0.717, 1.165) is 21.8 Å². The normalized spacial score (nSPS) is 14.7. The van der Waals surface area contributed by atoms with Crippen LogP contribution in [0.25, 0.3) is 6.08 Å². The Morgan fingerprint density at radius 3 is 2.50 bits per heavy atom. The molecule has 0 saturated carbocycles. The lowest BCUT2D eigenvalue weighted by Gasteiger charge is -2.13. The molecule has 0 spiro atoms. The van der Waals surface area contributed by atoms with E-state index in [9.17, 15) is 14.0 Å². The molecular weight excluding hydrogens is 521 g/mol. The largest absolute Gasteiger partial charge is 0.490 e. The maximum Gasteiger partial charge on any atom is 0.293 e. The van der Waals surface area contributed by atoms with Crippen LogP contribution in [-0.2, 0) is 17.9 Å². The minimum absolute atomic E-state index is 0.0566. The Labute approximate surface area is 209 Å². The lowest BCUT2D eigenvalue weighted by atomic mass is 10.1. The zero-order chi connectivity index (χ0) is 24.1. The van der Waals surface area contributed by atoms with Crippen LogP contribution in [0.5, 0.6) is 11.5 Å². The van der Waals surface area contributed by atoms with Crippen molar-refractivity contribution in [2.45, 2.75) is 20.1 Å². The number of halogens is 2. The van der Waals surface area contributed by atoms with Gasteiger partial charge in [-0.3, -0.25) is 14.5 Å². The molecule has 0 bridgehead atoms. The molecule has 1 aliphatic rings. The van der Waals surface area contributed by atoms with Gasteiger partial charge in [-0.05, 0) is 66.2 Å². The van der Waals surface area contributed by atoms with E-state index in [1.165, 1.54) is 11.0 Å². The first kappa shape index (κ1) is 24.0. The summed E-state index contributed by atoms with van der Waals surface area (Å²) < 4.78 is 26.3. The zero-order valence-corrected chi connectivity index (χ0v) is 20.7. The molecule has 4 rings (SSSR count). The summed E-state index contributed by atoms with van der Waals surface area (Å²) in [6.07, 6.45) is 1.66. The van der Waals surface area contributed by atoms with Crippen LogP contribution in [0.3, 0.4) is 0 Å². The highest BCUT2D eigenvalue weighted by molar-refractivity contribution is 9.10. The highest BCUT2D eigenvalue weighted by Crippen LogP contribution is 2.35. The number of rotatable bonds is 8. The van der Waals surface area contributed by atoms with Gasteiger partial charge in [0.15, 0.2) is 11.5 Å². The van der Waals surface area contributed by atoms with Gasteiger partial charge >= 0.3 is 0 Å². The molecule has 5 nitrogen and oxygen atoms in total. The Hall–Kier alpha value is -3.10. The van der Waals surface area contributed by atoms with Crippen LogP contribution in [0.15, 0.2) is 76.1 Å². The van der Waals surface area contributed by atoms with E-state index in [4.69, 9.17) is 9.47 Å². The van der Waals surface area contributed by atoms with Gasteiger partial charge in [0.2, 0.25) is 0 Å². The molecule has 0 unspecified atom stereocenters. The van der Waals surface area contributed by atoms with Crippen molar-refractivity contribution in [3.8, 4) is 11.5 Å².